The van der Waals surface area contributed by atoms with E-state index in [0.717, 1.165) is 24.8 Å². The van der Waals surface area contributed by atoms with Crippen LogP contribution < -0.4 is 5.32 Å². The molecular formula is C12H15Cl2NO3. The molecular weight excluding hydrogens is 277 g/mol. The minimum atomic E-state index is -1.01. The highest BCUT2D eigenvalue weighted by Crippen LogP contribution is 2.26. The zero-order valence-electron chi connectivity index (χ0n) is 9.75. The van der Waals surface area contributed by atoms with E-state index >= 15 is 0 Å². The number of hydrogen-bond acceptors (Lipinski definition) is 2. The number of halogens is 2. The van der Waals surface area contributed by atoms with Crippen molar-refractivity contribution in [1.29, 1.82) is 0 Å². The number of benzene rings is 1. The van der Waals surface area contributed by atoms with E-state index in [1.165, 1.54) is 0 Å². The van der Waals surface area contributed by atoms with E-state index in [2.05, 4.69) is 5.32 Å². The average Bonchev–Trinajstić information content (AvgIpc) is 2.32. The molecule has 0 atom stereocenters. The van der Waals surface area contributed by atoms with Gasteiger partial charge in [-0.3, -0.25) is 0 Å². The van der Waals surface area contributed by atoms with E-state index in [4.69, 9.17) is 33.4 Å². The van der Waals surface area contributed by atoms with Gasteiger partial charge in [0.2, 0.25) is 0 Å². The molecule has 0 fully saturated rings. The maximum absolute atomic E-state index is 10.2. The van der Waals surface area contributed by atoms with Gasteiger partial charge in [-0.05, 0) is 42.5 Å². The topological polar surface area (TPSA) is 69.6 Å². The molecule has 0 bridgehead atoms. The summed E-state index contributed by atoms with van der Waals surface area (Å²) in [4.78, 5) is 10.2. The molecule has 0 aliphatic carbocycles. The Bertz CT molecular complexity index is 424. The number of aliphatic hydroxyl groups is 1. The minimum absolute atomic E-state index is 0.138. The number of carboxylic acid groups (broad SMARTS) is 1. The number of aliphatic hydroxyl groups excluding tert-OH is 1. The van der Waals surface area contributed by atoms with Crippen LogP contribution in [0.25, 0.3) is 0 Å². The first-order chi connectivity index (χ1) is 8.54. The molecule has 0 saturated carbocycles. The van der Waals surface area contributed by atoms with Crippen LogP contribution in [0.1, 0.15) is 24.0 Å². The molecule has 0 aliphatic rings. The molecule has 1 aromatic carbocycles. The van der Waals surface area contributed by atoms with Gasteiger partial charge in [-0.15, -0.1) is 0 Å². The van der Waals surface area contributed by atoms with E-state index in [9.17, 15) is 4.79 Å². The van der Waals surface area contributed by atoms with Crippen LogP contribution in [0.4, 0.5) is 4.79 Å². The zero-order chi connectivity index (χ0) is 13.5. The lowest BCUT2D eigenvalue weighted by atomic mass is 10.1. The molecule has 18 heavy (non-hydrogen) atoms. The maximum Gasteiger partial charge on any atom is 0.404 e. The first-order valence-corrected chi connectivity index (χ1v) is 6.34. The van der Waals surface area contributed by atoms with Gasteiger partial charge in [-0.2, -0.15) is 0 Å². The first-order valence-electron chi connectivity index (χ1n) is 5.59. The van der Waals surface area contributed by atoms with Crippen LogP contribution in [0.5, 0.6) is 0 Å². The number of unbranched alkanes of at least 4 members (excludes halogenated alkanes) is 1. The van der Waals surface area contributed by atoms with Crippen LogP contribution in [0.15, 0.2) is 12.1 Å². The molecule has 0 radical (unpaired) electrons. The number of hydrogen-bond donors (Lipinski definition) is 3. The first kappa shape index (κ1) is 15.1. The highest BCUT2D eigenvalue weighted by atomic mass is 35.5. The zero-order valence-corrected chi connectivity index (χ0v) is 11.3. The summed E-state index contributed by atoms with van der Waals surface area (Å²) in [6.45, 7) is 0.288. The van der Waals surface area contributed by atoms with Crippen molar-refractivity contribution in [1.82, 2.24) is 5.32 Å². The second-order valence-corrected chi connectivity index (χ2v) is 4.70. The predicted octanol–water partition coefficient (Wildman–Crippen LogP) is 3.08. The summed E-state index contributed by atoms with van der Waals surface area (Å²) in [5.41, 5.74) is 1.52. The lowest BCUT2D eigenvalue weighted by Crippen LogP contribution is -2.21. The normalized spacial score (nSPS) is 10.4. The number of rotatable bonds is 6. The van der Waals surface area contributed by atoms with E-state index in [0.29, 0.717) is 22.2 Å². The largest absolute Gasteiger partial charge is 0.465 e. The Hall–Kier alpha value is -0.970. The van der Waals surface area contributed by atoms with Gasteiger partial charge in [0.1, 0.15) is 0 Å². The molecule has 1 amide bonds. The van der Waals surface area contributed by atoms with Crippen molar-refractivity contribution in [2.45, 2.75) is 25.9 Å². The van der Waals surface area contributed by atoms with E-state index in [1.807, 2.05) is 0 Å². The molecule has 0 aromatic heterocycles. The fourth-order valence-electron chi connectivity index (χ4n) is 1.58. The lowest BCUT2D eigenvalue weighted by molar-refractivity contribution is 0.194. The van der Waals surface area contributed by atoms with Gasteiger partial charge in [-0.1, -0.05) is 23.2 Å². The molecule has 6 heteroatoms. The third kappa shape index (κ3) is 4.72. The van der Waals surface area contributed by atoms with Gasteiger partial charge < -0.3 is 15.5 Å². The lowest BCUT2D eigenvalue weighted by Gasteiger charge is -2.08. The molecule has 0 aliphatic heterocycles. The molecule has 1 aromatic rings. The van der Waals surface area contributed by atoms with Crippen molar-refractivity contribution in [3.05, 3.63) is 33.3 Å². The summed E-state index contributed by atoms with van der Waals surface area (Å²) in [6.07, 6.45) is 1.27. The van der Waals surface area contributed by atoms with Crippen molar-refractivity contribution < 1.29 is 15.0 Å². The van der Waals surface area contributed by atoms with Gasteiger partial charge in [0.25, 0.3) is 0 Å². The van der Waals surface area contributed by atoms with Gasteiger partial charge in [0.05, 0.1) is 6.61 Å². The van der Waals surface area contributed by atoms with Gasteiger partial charge in [0.15, 0.2) is 0 Å². The van der Waals surface area contributed by atoms with Crippen LogP contribution in [0.3, 0.4) is 0 Å². The summed E-state index contributed by atoms with van der Waals surface area (Å²) in [7, 11) is 0. The Morgan fingerprint density at radius 3 is 2.39 bits per heavy atom. The molecule has 3 N–H and O–H groups in total. The van der Waals surface area contributed by atoms with Crippen molar-refractivity contribution in [3.63, 3.8) is 0 Å². The number of carbonyl (C=O) groups is 1. The number of amides is 1. The van der Waals surface area contributed by atoms with Gasteiger partial charge >= 0.3 is 6.09 Å². The highest BCUT2D eigenvalue weighted by molar-refractivity contribution is 6.34. The Morgan fingerprint density at radius 1 is 1.17 bits per heavy atom. The fourth-order valence-corrected chi connectivity index (χ4v) is 2.10. The highest BCUT2D eigenvalue weighted by Gasteiger charge is 2.06. The van der Waals surface area contributed by atoms with E-state index in [1.54, 1.807) is 12.1 Å². The average molecular weight is 292 g/mol. The Balaban J connectivity index is 2.47. The number of aryl methyl sites for hydroxylation is 1. The van der Waals surface area contributed by atoms with E-state index in [-0.39, 0.29) is 6.61 Å². The summed E-state index contributed by atoms with van der Waals surface area (Å²) in [6, 6.07) is 3.41. The van der Waals surface area contributed by atoms with Gasteiger partial charge in [0, 0.05) is 16.6 Å². The predicted molar refractivity (Wildman–Crippen MR) is 71.4 cm³/mol. The Kier molecular flexibility index (Phi) is 6.25. The Morgan fingerprint density at radius 2 is 1.78 bits per heavy atom. The SMILES string of the molecule is O=C(O)NCCCCc1cc(Cl)c(CO)cc1Cl. The minimum Gasteiger partial charge on any atom is -0.465 e. The van der Waals surface area contributed by atoms with Gasteiger partial charge in [-0.25, -0.2) is 4.79 Å². The van der Waals surface area contributed by atoms with Crippen molar-refractivity contribution in [2.75, 3.05) is 6.54 Å². The van der Waals surface area contributed by atoms with Crippen molar-refractivity contribution in [2.24, 2.45) is 0 Å². The molecule has 0 heterocycles. The molecule has 0 saturated heterocycles. The number of nitrogens with one attached hydrogen (secondary N) is 1. The molecule has 4 nitrogen and oxygen atoms in total. The van der Waals surface area contributed by atoms with Crippen LogP contribution in [0, 0.1) is 0 Å². The van der Waals surface area contributed by atoms with Crippen LogP contribution >= 0.6 is 23.2 Å². The third-order valence-corrected chi connectivity index (χ3v) is 3.24. The summed E-state index contributed by atoms with van der Waals surface area (Å²) in [5.74, 6) is 0. The van der Waals surface area contributed by atoms with Crippen LogP contribution in [-0.2, 0) is 13.0 Å². The summed E-state index contributed by atoms with van der Waals surface area (Å²) < 4.78 is 0. The van der Waals surface area contributed by atoms with Crippen LogP contribution in [-0.4, -0.2) is 22.9 Å². The van der Waals surface area contributed by atoms with Crippen molar-refractivity contribution in [3.8, 4) is 0 Å². The quantitative estimate of drug-likeness (QED) is 0.706. The van der Waals surface area contributed by atoms with Crippen molar-refractivity contribution >= 4 is 29.3 Å². The molecule has 0 unspecified atom stereocenters. The maximum atomic E-state index is 10.2. The fraction of sp³-hybridized carbons (Fsp3) is 0.417. The van der Waals surface area contributed by atoms with E-state index < -0.39 is 6.09 Å². The Labute approximate surface area is 116 Å². The second kappa shape index (κ2) is 7.46. The van der Waals surface area contributed by atoms with Crippen LogP contribution in [0.2, 0.25) is 10.0 Å². The summed E-state index contributed by atoms with van der Waals surface area (Å²) >= 11 is 12.0. The molecule has 100 valence electrons. The summed E-state index contributed by atoms with van der Waals surface area (Å²) in [5, 5.41) is 20.8. The smallest absolute Gasteiger partial charge is 0.404 e. The third-order valence-electron chi connectivity index (χ3n) is 2.53. The second-order valence-electron chi connectivity index (χ2n) is 3.88. The molecule has 1 rings (SSSR count). The monoisotopic (exact) mass is 291 g/mol. The standard InChI is InChI=1S/C12H15Cl2NO3/c13-10-6-9(7-16)11(14)5-8(10)3-1-2-4-15-12(17)18/h5-6,15-16H,1-4,7H2,(H,17,18). The molecule has 0 spiro atoms.